The van der Waals surface area contributed by atoms with Crippen molar-refractivity contribution in [2.45, 2.75) is 52.4 Å². The van der Waals surface area contributed by atoms with E-state index < -0.39 is 0 Å². The smallest absolute Gasteiger partial charge is 0.0161 e. The fourth-order valence-electron chi connectivity index (χ4n) is 3.62. The van der Waals surface area contributed by atoms with E-state index in [0.717, 1.165) is 0 Å². The van der Waals surface area contributed by atoms with Gasteiger partial charge >= 0.3 is 0 Å². The molecule has 0 nitrogen and oxygen atoms in total. The molecular formula is C20H24. The summed E-state index contributed by atoms with van der Waals surface area (Å²) in [6.45, 7) is 13.8. The molecule has 20 heavy (non-hydrogen) atoms. The van der Waals surface area contributed by atoms with Crippen molar-refractivity contribution in [2.24, 2.45) is 0 Å². The second-order valence-corrected chi connectivity index (χ2v) is 7.63. The van der Waals surface area contributed by atoms with E-state index >= 15 is 0 Å². The topological polar surface area (TPSA) is 0 Å². The third-order valence-corrected chi connectivity index (χ3v) is 4.75. The lowest BCUT2D eigenvalue weighted by Gasteiger charge is -2.26. The molecule has 104 valence electrons. The van der Waals surface area contributed by atoms with Crippen LogP contribution in [0.4, 0.5) is 0 Å². The summed E-state index contributed by atoms with van der Waals surface area (Å²) in [5.74, 6) is 0. The molecule has 1 aliphatic rings. The lowest BCUT2D eigenvalue weighted by molar-refractivity contribution is 0.584. The zero-order chi connectivity index (χ0) is 14.7. The Hall–Kier alpha value is -1.56. The largest absolute Gasteiger partial charge is 0.0614 e. The van der Waals surface area contributed by atoms with Crippen LogP contribution in [0.15, 0.2) is 36.4 Å². The summed E-state index contributed by atoms with van der Waals surface area (Å²) < 4.78 is 0. The average molecular weight is 264 g/mol. The first-order valence-corrected chi connectivity index (χ1v) is 7.48. The average Bonchev–Trinajstić information content (AvgIpc) is 2.58. The van der Waals surface area contributed by atoms with Crippen molar-refractivity contribution in [2.75, 3.05) is 0 Å². The summed E-state index contributed by atoms with van der Waals surface area (Å²) in [5, 5.41) is 0. The Labute approximate surface area is 122 Å². The van der Waals surface area contributed by atoms with Crippen LogP contribution < -0.4 is 0 Å². The number of aryl methyl sites for hydroxylation is 1. The maximum atomic E-state index is 2.43. The predicted molar refractivity (Wildman–Crippen MR) is 87.4 cm³/mol. The Bertz CT molecular complexity index is 682. The van der Waals surface area contributed by atoms with Gasteiger partial charge in [0, 0.05) is 5.41 Å². The van der Waals surface area contributed by atoms with Gasteiger partial charge in [-0.25, -0.2) is 0 Å². The molecule has 0 radical (unpaired) electrons. The molecule has 0 atom stereocenters. The van der Waals surface area contributed by atoms with Gasteiger partial charge in [0.2, 0.25) is 0 Å². The Kier molecular flexibility index (Phi) is 2.67. The van der Waals surface area contributed by atoms with Gasteiger partial charge in [-0.15, -0.1) is 0 Å². The number of hydrogen-bond donors (Lipinski definition) is 0. The van der Waals surface area contributed by atoms with Crippen molar-refractivity contribution in [1.29, 1.82) is 0 Å². The standard InChI is InChI=1S/C20H24/c1-13-8-7-9-16-15-11-10-14(19(2,3)4)12-17(15)20(5,6)18(13)16/h7-12H,1-6H3. The van der Waals surface area contributed by atoms with Crippen molar-refractivity contribution in [3.05, 3.63) is 58.7 Å². The summed E-state index contributed by atoms with van der Waals surface area (Å²) >= 11 is 0. The van der Waals surface area contributed by atoms with Gasteiger partial charge in [0.25, 0.3) is 0 Å². The molecule has 0 saturated heterocycles. The Morgan fingerprint density at radius 1 is 0.900 bits per heavy atom. The molecule has 0 spiro atoms. The molecule has 0 unspecified atom stereocenters. The first-order chi connectivity index (χ1) is 9.23. The van der Waals surface area contributed by atoms with Gasteiger partial charge in [-0.05, 0) is 45.7 Å². The van der Waals surface area contributed by atoms with E-state index in [1.54, 1.807) is 0 Å². The van der Waals surface area contributed by atoms with Crippen molar-refractivity contribution in [1.82, 2.24) is 0 Å². The molecule has 0 aromatic heterocycles. The Balaban J connectivity index is 2.30. The van der Waals surface area contributed by atoms with Gasteiger partial charge in [-0.3, -0.25) is 0 Å². The van der Waals surface area contributed by atoms with Crippen LogP contribution >= 0.6 is 0 Å². The molecule has 0 fully saturated rings. The highest BCUT2D eigenvalue weighted by Crippen LogP contribution is 2.50. The highest BCUT2D eigenvalue weighted by molar-refractivity contribution is 5.82. The highest BCUT2D eigenvalue weighted by Gasteiger charge is 2.37. The predicted octanol–water partition coefficient (Wildman–Crippen LogP) is 5.60. The Morgan fingerprint density at radius 2 is 1.60 bits per heavy atom. The van der Waals surface area contributed by atoms with E-state index in [2.05, 4.69) is 77.9 Å². The van der Waals surface area contributed by atoms with E-state index in [1.165, 1.54) is 33.4 Å². The van der Waals surface area contributed by atoms with Crippen LogP contribution in [0.5, 0.6) is 0 Å². The molecule has 0 aliphatic heterocycles. The fourth-order valence-corrected chi connectivity index (χ4v) is 3.62. The lowest BCUT2D eigenvalue weighted by Crippen LogP contribution is -2.18. The van der Waals surface area contributed by atoms with Crippen LogP contribution in [-0.4, -0.2) is 0 Å². The normalized spacial score (nSPS) is 15.9. The molecule has 0 bridgehead atoms. The van der Waals surface area contributed by atoms with Gasteiger partial charge in [-0.1, -0.05) is 71.0 Å². The Morgan fingerprint density at radius 3 is 2.25 bits per heavy atom. The molecule has 0 saturated carbocycles. The monoisotopic (exact) mass is 264 g/mol. The van der Waals surface area contributed by atoms with Crippen LogP contribution in [0, 0.1) is 6.92 Å². The number of benzene rings is 2. The van der Waals surface area contributed by atoms with Crippen molar-refractivity contribution >= 4 is 0 Å². The second kappa shape index (κ2) is 3.97. The van der Waals surface area contributed by atoms with Gasteiger partial charge in [-0.2, -0.15) is 0 Å². The maximum Gasteiger partial charge on any atom is 0.0161 e. The van der Waals surface area contributed by atoms with Gasteiger partial charge in [0.15, 0.2) is 0 Å². The van der Waals surface area contributed by atoms with E-state index in [1.807, 2.05) is 0 Å². The lowest BCUT2D eigenvalue weighted by atomic mass is 9.78. The van der Waals surface area contributed by atoms with Crippen molar-refractivity contribution in [3.8, 4) is 11.1 Å². The molecule has 2 aromatic carbocycles. The van der Waals surface area contributed by atoms with Crippen LogP contribution in [-0.2, 0) is 10.8 Å². The molecule has 0 heteroatoms. The number of fused-ring (bicyclic) bond motifs is 3. The summed E-state index contributed by atoms with van der Waals surface area (Å²) in [5.41, 5.74) is 8.96. The third-order valence-electron chi connectivity index (χ3n) is 4.75. The SMILES string of the molecule is Cc1cccc2c1C(C)(C)c1cc(C(C)(C)C)ccc1-2. The highest BCUT2D eigenvalue weighted by atomic mass is 14.4. The summed E-state index contributed by atoms with van der Waals surface area (Å²) in [6.07, 6.45) is 0. The fraction of sp³-hybridized carbons (Fsp3) is 0.400. The third kappa shape index (κ3) is 1.74. The van der Waals surface area contributed by atoms with Crippen molar-refractivity contribution < 1.29 is 0 Å². The van der Waals surface area contributed by atoms with E-state index in [-0.39, 0.29) is 10.8 Å². The summed E-state index contributed by atoms with van der Waals surface area (Å²) in [4.78, 5) is 0. The maximum absolute atomic E-state index is 2.43. The van der Waals surface area contributed by atoms with Gasteiger partial charge in [0.05, 0.1) is 0 Å². The minimum Gasteiger partial charge on any atom is -0.0614 e. The van der Waals surface area contributed by atoms with Crippen LogP contribution in [0.3, 0.4) is 0 Å². The second-order valence-electron chi connectivity index (χ2n) is 7.63. The minimum atomic E-state index is 0.108. The molecule has 0 N–H and O–H groups in total. The first kappa shape index (κ1) is 13.4. The molecule has 1 aliphatic carbocycles. The van der Waals surface area contributed by atoms with Crippen LogP contribution in [0.2, 0.25) is 0 Å². The molecule has 3 rings (SSSR count). The zero-order valence-corrected chi connectivity index (χ0v) is 13.5. The number of hydrogen-bond acceptors (Lipinski definition) is 0. The summed E-state index contributed by atoms with van der Waals surface area (Å²) in [7, 11) is 0. The van der Waals surface area contributed by atoms with Crippen LogP contribution in [0.25, 0.3) is 11.1 Å². The van der Waals surface area contributed by atoms with Gasteiger partial charge in [0.1, 0.15) is 0 Å². The quantitative estimate of drug-likeness (QED) is 0.581. The van der Waals surface area contributed by atoms with E-state index in [0.29, 0.717) is 0 Å². The molecule has 2 aromatic rings. The van der Waals surface area contributed by atoms with E-state index in [9.17, 15) is 0 Å². The number of rotatable bonds is 0. The van der Waals surface area contributed by atoms with Gasteiger partial charge < -0.3 is 0 Å². The molecular weight excluding hydrogens is 240 g/mol. The first-order valence-electron chi connectivity index (χ1n) is 7.48. The minimum absolute atomic E-state index is 0.108. The summed E-state index contributed by atoms with van der Waals surface area (Å²) in [6, 6.07) is 13.7. The van der Waals surface area contributed by atoms with Crippen LogP contribution in [0.1, 0.15) is 56.9 Å². The van der Waals surface area contributed by atoms with Crippen molar-refractivity contribution in [3.63, 3.8) is 0 Å². The molecule has 0 amide bonds. The van der Waals surface area contributed by atoms with E-state index in [4.69, 9.17) is 0 Å². The molecule has 0 heterocycles. The zero-order valence-electron chi connectivity index (χ0n) is 13.5.